The molecule has 0 spiro atoms. The number of hydrogen-bond donors (Lipinski definition) is 1. The molecule has 1 aliphatic carbocycles. The maximum absolute atomic E-state index is 12.8. The van der Waals surface area contributed by atoms with Crippen molar-refractivity contribution >= 4 is 21.9 Å². The predicted octanol–water partition coefficient (Wildman–Crippen LogP) is 4.05. The zero-order valence-corrected chi connectivity index (χ0v) is 15.2. The Balaban J connectivity index is 1.48. The molecule has 0 atom stereocenters. The summed E-state index contributed by atoms with van der Waals surface area (Å²) < 4.78 is 27.3. The lowest BCUT2D eigenvalue weighted by atomic mass is 9.67. The van der Waals surface area contributed by atoms with Crippen molar-refractivity contribution in [2.45, 2.75) is 24.9 Å². The van der Waals surface area contributed by atoms with E-state index in [1.807, 2.05) is 43.6 Å². The second kappa shape index (κ2) is 6.04. The molecular formula is C21H18F2N4O. The second-order valence-electron chi connectivity index (χ2n) is 7.58. The number of halogens is 2. The van der Waals surface area contributed by atoms with Gasteiger partial charge in [0.05, 0.1) is 16.8 Å². The van der Waals surface area contributed by atoms with Gasteiger partial charge in [-0.3, -0.25) is 4.68 Å². The minimum atomic E-state index is -2.38. The van der Waals surface area contributed by atoms with Crippen molar-refractivity contribution in [3.8, 4) is 11.3 Å². The molecule has 0 unspecified atom stereocenters. The number of fused-ring (bicyclic) bond motifs is 2. The van der Waals surface area contributed by atoms with Crippen LogP contribution < -0.4 is 0 Å². The number of pyridine rings is 2. The van der Waals surface area contributed by atoms with Crippen LogP contribution in [0.5, 0.6) is 0 Å². The Bertz CT molecular complexity index is 1200. The molecule has 0 aliphatic heterocycles. The minimum Gasteiger partial charge on any atom is -0.385 e. The normalized spacial score (nSPS) is 22.1. The predicted molar refractivity (Wildman–Crippen MR) is 102 cm³/mol. The first-order chi connectivity index (χ1) is 13.4. The highest BCUT2D eigenvalue weighted by Crippen LogP contribution is 2.48. The van der Waals surface area contributed by atoms with E-state index in [4.69, 9.17) is 4.98 Å². The molecule has 1 fully saturated rings. The van der Waals surface area contributed by atoms with Gasteiger partial charge in [-0.05, 0) is 42.7 Å². The Hall–Kier alpha value is -2.93. The lowest BCUT2D eigenvalue weighted by molar-refractivity contribution is -0.126. The number of benzene rings is 1. The van der Waals surface area contributed by atoms with Crippen molar-refractivity contribution in [1.29, 1.82) is 0 Å². The first kappa shape index (κ1) is 17.2. The summed E-state index contributed by atoms with van der Waals surface area (Å²) in [6.45, 7) is 0. The Kier molecular flexibility index (Phi) is 3.71. The quantitative estimate of drug-likeness (QED) is 0.583. The molecule has 142 valence electrons. The summed E-state index contributed by atoms with van der Waals surface area (Å²) in [5.41, 5.74) is 2.66. The number of hydrogen-bond acceptors (Lipinski definition) is 4. The molecule has 1 N–H and O–H groups in total. The molecule has 0 radical (unpaired) electrons. The fourth-order valence-electron chi connectivity index (χ4n) is 3.97. The number of aliphatic hydroxyl groups is 1. The average Bonchev–Trinajstić information content (AvgIpc) is 3.03. The van der Waals surface area contributed by atoms with Gasteiger partial charge in [-0.2, -0.15) is 5.10 Å². The van der Waals surface area contributed by atoms with Crippen molar-refractivity contribution < 1.29 is 13.9 Å². The van der Waals surface area contributed by atoms with Crippen molar-refractivity contribution in [1.82, 2.24) is 19.7 Å². The summed E-state index contributed by atoms with van der Waals surface area (Å²) >= 11 is 0. The van der Waals surface area contributed by atoms with E-state index in [0.717, 1.165) is 27.5 Å². The first-order valence-corrected chi connectivity index (χ1v) is 9.13. The molecule has 5 rings (SSSR count). The summed E-state index contributed by atoms with van der Waals surface area (Å²) in [7, 11) is 1.85. The molecule has 0 bridgehead atoms. The average molecular weight is 380 g/mol. The number of nitrogens with zero attached hydrogens (tertiary/aromatic N) is 4. The minimum absolute atomic E-state index is 0.0957. The third kappa shape index (κ3) is 2.74. The van der Waals surface area contributed by atoms with E-state index in [9.17, 15) is 13.9 Å². The number of alkyl halides is 2. The van der Waals surface area contributed by atoms with Crippen LogP contribution in [0.1, 0.15) is 18.4 Å². The number of aryl methyl sites for hydroxylation is 1. The Morgan fingerprint density at radius 1 is 1.14 bits per heavy atom. The molecule has 3 heterocycles. The van der Waals surface area contributed by atoms with Gasteiger partial charge < -0.3 is 5.11 Å². The van der Waals surface area contributed by atoms with Crippen LogP contribution in [0.15, 0.2) is 48.8 Å². The Morgan fingerprint density at radius 3 is 2.75 bits per heavy atom. The standard InChI is InChI=1S/C21H18F2N4O/c1-27-11-14-6-13(10-24-20(14)26-27)18-4-2-12-7-16(3-5-17(12)25-18)21(28)8-15(9-21)19(22)23/h2-7,10-11,15,19,28H,8-9H2,1H3. The van der Waals surface area contributed by atoms with Gasteiger partial charge in [0.25, 0.3) is 0 Å². The number of rotatable bonds is 3. The summed E-state index contributed by atoms with van der Waals surface area (Å²) in [5, 5.41) is 16.7. The van der Waals surface area contributed by atoms with Gasteiger partial charge in [-0.15, -0.1) is 0 Å². The summed E-state index contributed by atoms with van der Waals surface area (Å²) in [4.78, 5) is 9.08. The Labute approximate surface area is 159 Å². The van der Waals surface area contributed by atoms with Crippen molar-refractivity contribution in [2.24, 2.45) is 13.0 Å². The van der Waals surface area contributed by atoms with Crippen LogP contribution in [0.2, 0.25) is 0 Å². The maximum Gasteiger partial charge on any atom is 0.241 e. The van der Waals surface area contributed by atoms with Gasteiger partial charge in [-0.1, -0.05) is 12.1 Å². The summed E-state index contributed by atoms with van der Waals surface area (Å²) in [6, 6.07) is 11.3. The molecule has 0 amide bonds. The van der Waals surface area contributed by atoms with Crippen molar-refractivity contribution in [3.05, 3.63) is 54.4 Å². The number of aromatic nitrogens is 4. The maximum atomic E-state index is 12.8. The largest absolute Gasteiger partial charge is 0.385 e. The third-order valence-electron chi connectivity index (χ3n) is 5.55. The van der Waals surface area contributed by atoms with Crippen LogP contribution in [0.4, 0.5) is 8.78 Å². The zero-order valence-electron chi connectivity index (χ0n) is 15.2. The Morgan fingerprint density at radius 2 is 1.96 bits per heavy atom. The van der Waals surface area contributed by atoms with Crippen LogP contribution in [0.25, 0.3) is 33.2 Å². The van der Waals surface area contributed by atoms with E-state index >= 15 is 0 Å². The molecule has 1 saturated carbocycles. The molecule has 1 aliphatic rings. The van der Waals surface area contributed by atoms with E-state index in [1.54, 1.807) is 16.9 Å². The van der Waals surface area contributed by atoms with Crippen LogP contribution in [0, 0.1) is 5.92 Å². The zero-order chi connectivity index (χ0) is 19.5. The first-order valence-electron chi connectivity index (χ1n) is 9.13. The van der Waals surface area contributed by atoms with E-state index in [0.29, 0.717) is 11.2 Å². The molecule has 7 heteroatoms. The van der Waals surface area contributed by atoms with E-state index in [1.165, 1.54) is 0 Å². The highest BCUT2D eigenvalue weighted by molar-refractivity contribution is 5.84. The molecule has 1 aromatic carbocycles. The smallest absolute Gasteiger partial charge is 0.241 e. The lowest BCUT2D eigenvalue weighted by Gasteiger charge is -2.43. The van der Waals surface area contributed by atoms with Crippen molar-refractivity contribution in [2.75, 3.05) is 0 Å². The molecule has 0 saturated heterocycles. The van der Waals surface area contributed by atoms with E-state index < -0.39 is 17.9 Å². The van der Waals surface area contributed by atoms with Gasteiger partial charge in [0.2, 0.25) is 6.43 Å². The summed E-state index contributed by atoms with van der Waals surface area (Å²) in [5.74, 6) is -0.726. The summed E-state index contributed by atoms with van der Waals surface area (Å²) in [6.07, 6.45) is 1.47. The third-order valence-corrected chi connectivity index (χ3v) is 5.55. The van der Waals surface area contributed by atoms with Crippen LogP contribution >= 0.6 is 0 Å². The molecule has 3 aromatic heterocycles. The highest BCUT2D eigenvalue weighted by Gasteiger charge is 2.47. The fourth-order valence-corrected chi connectivity index (χ4v) is 3.97. The van der Waals surface area contributed by atoms with Gasteiger partial charge in [0, 0.05) is 41.7 Å². The van der Waals surface area contributed by atoms with Gasteiger partial charge in [0.1, 0.15) is 0 Å². The topological polar surface area (TPSA) is 63.8 Å². The fraction of sp³-hybridized carbons (Fsp3) is 0.286. The second-order valence-corrected chi connectivity index (χ2v) is 7.58. The van der Waals surface area contributed by atoms with Crippen LogP contribution in [-0.2, 0) is 12.6 Å². The van der Waals surface area contributed by atoms with E-state index in [2.05, 4.69) is 10.1 Å². The lowest BCUT2D eigenvalue weighted by Crippen LogP contribution is -2.44. The molecule has 5 nitrogen and oxygen atoms in total. The van der Waals surface area contributed by atoms with Gasteiger partial charge in [-0.25, -0.2) is 18.7 Å². The van der Waals surface area contributed by atoms with Crippen molar-refractivity contribution in [3.63, 3.8) is 0 Å². The monoisotopic (exact) mass is 380 g/mol. The van der Waals surface area contributed by atoms with Crippen LogP contribution in [0.3, 0.4) is 0 Å². The SMILES string of the molecule is Cn1cc2cc(-c3ccc4cc(C5(O)CC(C(F)F)C5)ccc4n3)cnc2n1. The highest BCUT2D eigenvalue weighted by atomic mass is 19.3. The van der Waals surface area contributed by atoms with E-state index in [-0.39, 0.29) is 12.8 Å². The molecule has 28 heavy (non-hydrogen) atoms. The molecule has 4 aromatic rings. The van der Waals surface area contributed by atoms with Gasteiger partial charge in [0.15, 0.2) is 5.65 Å². The van der Waals surface area contributed by atoms with Gasteiger partial charge >= 0.3 is 0 Å². The molecular weight excluding hydrogens is 362 g/mol. The van der Waals surface area contributed by atoms with Crippen LogP contribution in [-0.4, -0.2) is 31.3 Å².